The van der Waals surface area contributed by atoms with E-state index < -0.39 is 24.4 Å². The molecule has 0 saturated carbocycles. The molecule has 0 saturated heterocycles. The molecule has 0 unspecified atom stereocenters. The van der Waals surface area contributed by atoms with Crippen molar-refractivity contribution < 1.29 is 19.1 Å². The minimum atomic E-state index is -0.664. The van der Waals surface area contributed by atoms with Gasteiger partial charge in [0.25, 0.3) is 11.8 Å². The number of esters is 1. The van der Waals surface area contributed by atoms with Gasteiger partial charge in [0.2, 0.25) is 0 Å². The van der Waals surface area contributed by atoms with Crippen molar-refractivity contribution in [3.8, 4) is 0 Å². The molecule has 0 aliphatic rings. The molecule has 1 aromatic heterocycles. The van der Waals surface area contributed by atoms with E-state index in [0.29, 0.717) is 17.7 Å². The van der Waals surface area contributed by atoms with Crippen LogP contribution < -0.4 is 11.1 Å². The molecule has 3 rings (SSSR count). The smallest absolute Gasteiger partial charge is 0.340 e. The molecule has 0 bridgehead atoms. The number of para-hydroxylation sites is 2. The monoisotopic (exact) mass is 391 g/mol. The number of nitrogens with two attached hydrogens (primary N) is 1. The number of hydrogen-bond donors (Lipinski definition) is 2. The number of nitrogens with zero attached hydrogens (tertiary/aromatic N) is 1. The van der Waals surface area contributed by atoms with Gasteiger partial charge in [0.05, 0.1) is 28.0 Å². The minimum Gasteiger partial charge on any atom is -0.452 e. The Bertz CT molecular complexity index is 1110. The molecule has 3 aromatic rings. The molecule has 3 N–H and O–H groups in total. The fraction of sp³-hybridized carbons (Fsp3) is 0.182. The van der Waals surface area contributed by atoms with E-state index in [2.05, 4.69) is 10.3 Å². The van der Waals surface area contributed by atoms with Gasteiger partial charge in [-0.3, -0.25) is 14.6 Å². The van der Waals surface area contributed by atoms with E-state index in [4.69, 9.17) is 10.5 Å². The van der Waals surface area contributed by atoms with Crippen LogP contribution in [0.25, 0.3) is 10.9 Å². The predicted molar refractivity (Wildman–Crippen MR) is 110 cm³/mol. The Kier molecular flexibility index (Phi) is 5.87. The van der Waals surface area contributed by atoms with Crippen LogP contribution >= 0.6 is 0 Å². The standard InChI is InChI=1S/C22H21N3O4/c1-3-16-20(13(2)14-8-4-6-10-17(14)24-16)22(28)29-12-19(26)25-18-11-7-5-9-15(18)21(23)27/h4-11H,3,12H2,1-2H3,(H2,23,27)(H,25,26). The zero-order valence-electron chi connectivity index (χ0n) is 16.2. The molecule has 2 amide bonds. The molecule has 29 heavy (non-hydrogen) atoms. The molecule has 0 radical (unpaired) electrons. The van der Waals surface area contributed by atoms with Crippen LogP contribution in [0.3, 0.4) is 0 Å². The number of nitrogens with one attached hydrogen (secondary N) is 1. The molecule has 148 valence electrons. The van der Waals surface area contributed by atoms with Gasteiger partial charge in [0.15, 0.2) is 6.61 Å². The highest BCUT2D eigenvalue weighted by molar-refractivity contribution is 6.04. The summed E-state index contributed by atoms with van der Waals surface area (Å²) in [5, 5.41) is 3.40. The molecule has 0 atom stereocenters. The number of aromatic nitrogens is 1. The third-order valence-electron chi connectivity index (χ3n) is 4.57. The number of carbonyl (C=O) groups is 3. The van der Waals surface area contributed by atoms with E-state index >= 15 is 0 Å². The number of aryl methyl sites for hydroxylation is 2. The second-order valence-corrected chi connectivity index (χ2v) is 6.46. The first-order chi connectivity index (χ1) is 13.9. The van der Waals surface area contributed by atoms with Gasteiger partial charge < -0.3 is 15.8 Å². The number of carbonyl (C=O) groups excluding carboxylic acids is 3. The Morgan fingerprint density at radius 3 is 2.48 bits per heavy atom. The summed E-state index contributed by atoms with van der Waals surface area (Å²) in [4.78, 5) is 40.9. The Morgan fingerprint density at radius 1 is 1.07 bits per heavy atom. The fourth-order valence-corrected chi connectivity index (χ4v) is 3.16. The van der Waals surface area contributed by atoms with Crippen molar-refractivity contribution >= 4 is 34.4 Å². The number of pyridine rings is 1. The molecule has 0 spiro atoms. The van der Waals surface area contributed by atoms with Gasteiger partial charge in [-0.05, 0) is 37.1 Å². The molecule has 7 heteroatoms. The maximum atomic E-state index is 12.7. The topological polar surface area (TPSA) is 111 Å². The lowest BCUT2D eigenvalue weighted by atomic mass is 10.0. The summed E-state index contributed by atoms with van der Waals surface area (Å²) < 4.78 is 5.23. The average molecular weight is 391 g/mol. The lowest BCUT2D eigenvalue weighted by Crippen LogP contribution is -2.24. The summed E-state index contributed by atoms with van der Waals surface area (Å²) in [5.74, 6) is -1.85. The van der Waals surface area contributed by atoms with E-state index in [-0.39, 0.29) is 11.3 Å². The highest BCUT2D eigenvalue weighted by atomic mass is 16.5. The van der Waals surface area contributed by atoms with Gasteiger partial charge in [0.1, 0.15) is 0 Å². The fourth-order valence-electron chi connectivity index (χ4n) is 3.16. The van der Waals surface area contributed by atoms with Gasteiger partial charge in [0, 0.05) is 5.39 Å². The summed E-state index contributed by atoms with van der Waals surface area (Å²) in [6.45, 7) is 3.24. The van der Waals surface area contributed by atoms with Crippen molar-refractivity contribution in [2.75, 3.05) is 11.9 Å². The molecule has 2 aromatic carbocycles. The Morgan fingerprint density at radius 2 is 1.76 bits per heavy atom. The second-order valence-electron chi connectivity index (χ2n) is 6.46. The molecular formula is C22H21N3O4. The van der Waals surface area contributed by atoms with Crippen LogP contribution in [0.4, 0.5) is 5.69 Å². The zero-order chi connectivity index (χ0) is 21.0. The van der Waals surface area contributed by atoms with Crippen LogP contribution in [0.2, 0.25) is 0 Å². The van der Waals surface area contributed by atoms with Crippen molar-refractivity contribution in [3.05, 3.63) is 70.9 Å². The SMILES string of the molecule is CCc1nc2ccccc2c(C)c1C(=O)OCC(=O)Nc1ccccc1C(N)=O. The van der Waals surface area contributed by atoms with Crippen molar-refractivity contribution in [1.29, 1.82) is 0 Å². The van der Waals surface area contributed by atoms with E-state index in [1.165, 1.54) is 6.07 Å². The summed E-state index contributed by atoms with van der Waals surface area (Å²) in [5.41, 5.74) is 8.29. The summed E-state index contributed by atoms with van der Waals surface area (Å²) in [6, 6.07) is 13.9. The zero-order valence-corrected chi connectivity index (χ0v) is 16.2. The molecule has 0 fully saturated rings. The largest absolute Gasteiger partial charge is 0.452 e. The van der Waals surface area contributed by atoms with E-state index in [9.17, 15) is 14.4 Å². The first-order valence-corrected chi connectivity index (χ1v) is 9.16. The van der Waals surface area contributed by atoms with Crippen molar-refractivity contribution in [2.45, 2.75) is 20.3 Å². The average Bonchev–Trinajstić information content (AvgIpc) is 2.72. The molecule has 0 aliphatic heterocycles. The number of fused-ring (bicyclic) bond motifs is 1. The summed E-state index contributed by atoms with van der Waals surface area (Å²) in [6.07, 6.45) is 0.550. The Hall–Kier alpha value is -3.74. The minimum absolute atomic E-state index is 0.176. The van der Waals surface area contributed by atoms with E-state index in [0.717, 1.165) is 16.5 Å². The maximum Gasteiger partial charge on any atom is 0.340 e. The third kappa shape index (κ3) is 4.24. The van der Waals surface area contributed by atoms with Gasteiger partial charge in [-0.25, -0.2) is 4.79 Å². The number of rotatable bonds is 6. The van der Waals surface area contributed by atoms with E-state index in [1.54, 1.807) is 18.2 Å². The lowest BCUT2D eigenvalue weighted by Gasteiger charge is -2.14. The quantitative estimate of drug-likeness (QED) is 0.628. The van der Waals surface area contributed by atoms with E-state index in [1.807, 2.05) is 38.1 Å². The normalized spacial score (nSPS) is 10.6. The Balaban J connectivity index is 1.77. The number of benzene rings is 2. The van der Waals surface area contributed by atoms with Crippen LogP contribution in [0.5, 0.6) is 0 Å². The van der Waals surface area contributed by atoms with Crippen molar-refractivity contribution in [1.82, 2.24) is 4.98 Å². The maximum absolute atomic E-state index is 12.7. The number of ether oxygens (including phenoxy) is 1. The first kappa shape index (κ1) is 20.0. The second kappa shape index (κ2) is 8.52. The highest BCUT2D eigenvalue weighted by Crippen LogP contribution is 2.24. The molecule has 1 heterocycles. The summed E-state index contributed by atoms with van der Waals surface area (Å²) >= 11 is 0. The highest BCUT2D eigenvalue weighted by Gasteiger charge is 2.20. The number of hydrogen-bond acceptors (Lipinski definition) is 5. The number of anilines is 1. The Labute approximate surface area is 167 Å². The van der Waals surface area contributed by atoms with Crippen LogP contribution in [0.15, 0.2) is 48.5 Å². The molecule has 0 aliphatic carbocycles. The van der Waals surface area contributed by atoms with Crippen LogP contribution in [0.1, 0.15) is 38.9 Å². The number of primary amides is 1. The van der Waals surface area contributed by atoms with Crippen LogP contribution in [-0.2, 0) is 16.0 Å². The van der Waals surface area contributed by atoms with Crippen LogP contribution in [0, 0.1) is 6.92 Å². The lowest BCUT2D eigenvalue weighted by molar-refractivity contribution is -0.119. The van der Waals surface area contributed by atoms with Crippen molar-refractivity contribution in [3.63, 3.8) is 0 Å². The first-order valence-electron chi connectivity index (χ1n) is 9.16. The molecular weight excluding hydrogens is 370 g/mol. The predicted octanol–water partition coefficient (Wildman–Crippen LogP) is 3.00. The van der Waals surface area contributed by atoms with Gasteiger partial charge in [-0.2, -0.15) is 0 Å². The van der Waals surface area contributed by atoms with Gasteiger partial charge >= 0.3 is 5.97 Å². The molecule has 7 nitrogen and oxygen atoms in total. The number of amides is 2. The van der Waals surface area contributed by atoms with Crippen molar-refractivity contribution in [2.24, 2.45) is 5.73 Å². The third-order valence-corrected chi connectivity index (χ3v) is 4.57. The van der Waals surface area contributed by atoms with Crippen LogP contribution in [-0.4, -0.2) is 29.4 Å². The van der Waals surface area contributed by atoms with Gasteiger partial charge in [-0.15, -0.1) is 0 Å². The summed E-state index contributed by atoms with van der Waals surface area (Å²) in [7, 11) is 0. The van der Waals surface area contributed by atoms with Gasteiger partial charge in [-0.1, -0.05) is 37.3 Å².